The fraction of sp³-hybridized carbons (Fsp3) is 0.562. The zero-order chi connectivity index (χ0) is 14.5. The lowest BCUT2D eigenvalue weighted by molar-refractivity contribution is -0.0436. The second-order valence-electron chi connectivity index (χ2n) is 5.70. The van der Waals surface area contributed by atoms with Crippen molar-refractivity contribution < 1.29 is 14.3 Å². The summed E-state index contributed by atoms with van der Waals surface area (Å²) in [7, 11) is 0. The zero-order valence-electron chi connectivity index (χ0n) is 12.5. The van der Waals surface area contributed by atoms with Gasteiger partial charge in [-0.15, -0.1) is 0 Å². The van der Waals surface area contributed by atoms with E-state index in [1.807, 2.05) is 52.0 Å². The summed E-state index contributed by atoms with van der Waals surface area (Å²) in [5, 5.41) is 0. The van der Waals surface area contributed by atoms with Gasteiger partial charge in [0.15, 0.2) is 5.78 Å². The molecule has 0 aliphatic carbocycles. The molecule has 0 saturated carbocycles. The van der Waals surface area contributed by atoms with Crippen molar-refractivity contribution >= 4 is 5.78 Å². The van der Waals surface area contributed by atoms with E-state index in [4.69, 9.17) is 9.47 Å². The van der Waals surface area contributed by atoms with Crippen molar-refractivity contribution in [2.45, 2.75) is 46.3 Å². The average Bonchev–Trinajstić information content (AvgIpc) is 2.33. The van der Waals surface area contributed by atoms with E-state index in [0.29, 0.717) is 18.8 Å². The predicted molar refractivity (Wildman–Crippen MR) is 76.6 cm³/mol. The lowest BCUT2D eigenvalue weighted by Gasteiger charge is -2.20. The van der Waals surface area contributed by atoms with Crippen LogP contribution in [0.4, 0.5) is 0 Å². The maximum absolute atomic E-state index is 12.1. The van der Waals surface area contributed by atoms with Gasteiger partial charge in [-0.2, -0.15) is 0 Å². The molecule has 0 saturated heterocycles. The minimum absolute atomic E-state index is 0.00996. The smallest absolute Gasteiger partial charge is 0.191 e. The van der Waals surface area contributed by atoms with Crippen molar-refractivity contribution in [1.82, 2.24) is 0 Å². The number of carbonyl (C=O) groups is 1. The van der Waals surface area contributed by atoms with Crippen LogP contribution in [0.5, 0.6) is 0 Å². The fourth-order valence-corrected chi connectivity index (χ4v) is 1.60. The third kappa shape index (κ3) is 5.99. The number of Topliss-reactive ketones (excluding diaryl/α,β-unsaturated/α-hetero) is 1. The highest BCUT2D eigenvalue weighted by Gasteiger charge is 2.16. The molecule has 0 aliphatic heterocycles. The molecule has 1 atom stereocenters. The lowest BCUT2D eigenvalue weighted by atomic mass is 10.1. The summed E-state index contributed by atoms with van der Waals surface area (Å²) < 4.78 is 11.1. The summed E-state index contributed by atoms with van der Waals surface area (Å²) in [6.45, 7) is 10.7. The highest BCUT2D eigenvalue weighted by molar-refractivity contribution is 5.99. The molecule has 1 aromatic carbocycles. The molecule has 19 heavy (non-hydrogen) atoms. The van der Waals surface area contributed by atoms with E-state index in [9.17, 15) is 4.79 Å². The highest BCUT2D eigenvalue weighted by atomic mass is 16.5. The number of hydrogen-bond donors (Lipinski definition) is 0. The van der Waals surface area contributed by atoms with Crippen LogP contribution >= 0.6 is 0 Å². The summed E-state index contributed by atoms with van der Waals surface area (Å²) >= 11 is 0. The van der Waals surface area contributed by atoms with Gasteiger partial charge in [0.2, 0.25) is 0 Å². The van der Waals surface area contributed by atoms with Gasteiger partial charge in [0, 0.05) is 5.56 Å². The predicted octanol–water partition coefficient (Wildman–Crippen LogP) is 3.40. The van der Waals surface area contributed by atoms with Crippen LogP contribution in [0.1, 0.15) is 43.6 Å². The van der Waals surface area contributed by atoms with Crippen molar-refractivity contribution in [1.29, 1.82) is 0 Å². The largest absolute Gasteiger partial charge is 0.373 e. The van der Waals surface area contributed by atoms with Crippen LogP contribution in [0.3, 0.4) is 0 Å². The van der Waals surface area contributed by atoms with E-state index >= 15 is 0 Å². The van der Waals surface area contributed by atoms with Gasteiger partial charge in [-0.05, 0) is 34.6 Å². The van der Waals surface area contributed by atoms with E-state index in [1.165, 1.54) is 0 Å². The Balaban J connectivity index is 2.39. The molecule has 0 aliphatic rings. The Morgan fingerprint density at radius 1 is 1.16 bits per heavy atom. The van der Waals surface area contributed by atoms with Gasteiger partial charge in [-0.25, -0.2) is 0 Å². The Hall–Kier alpha value is -1.19. The average molecular weight is 264 g/mol. The molecule has 0 aromatic heterocycles. The van der Waals surface area contributed by atoms with Gasteiger partial charge in [0.1, 0.15) is 6.10 Å². The van der Waals surface area contributed by atoms with Crippen LogP contribution in [-0.4, -0.2) is 30.7 Å². The van der Waals surface area contributed by atoms with Crippen LogP contribution in [0.2, 0.25) is 0 Å². The first-order chi connectivity index (χ1) is 8.79. The summed E-state index contributed by atoms with van der Waals surface area (Å²) in [5.74, 6) is 0.00996. The third-order valence-electron chi connectivity index (χ3n) is 2.69. The summed E-state index contributed by atoms with van der Waals surface area (Å²) in [6, 6.07) is 7.54. The molecule has 0 spiro atoms. The molecule has 106 valence electrons. The van der Waals surface area contributed by atoms with E-state index in [-0.39, 0.29) is 11.4 Å². The topological polar surface area (TPSA) is 35.5 Å². The minimum atomic E-state index is -0.439. The van der Waals surface area contributed by atoms with Crippen molar-refractivity contribution in [2.24, 2.45) is 0 Å². The first-order valence-electron chi connectivity index (χ1n) is 6.66. The molecule has 1 unspecified atom stereocenters. The first-order valence-corrected chi connectivity index (χ1v) is 6.66. The van der Waals surface area contributed by atoms with Gasteiger partial charge >= 0.3 is 0 Å². The molecule has 3 heteroatoms. The van der Waals surface area contributed by atoms with Crippen LogP contribution < -0.4 is 0 Å². The number of carbonyl (C=O) groups excluding carboxylic acids is 1. The maximum atomic E-state index is 12.1. The normalized spacial score (nSPS) is 13.3. The number of ether oxygens (including phenoxy) is 2. The van der Waals surface area contributed by atoms with Gasteiger partial charge in [0.05, 0.1) is 18.8 Å². The van der Waals surface area contributed by atoms with Crippen LogP contribution in [0, 0.1) is 6.92 Å². The van der Waals surface area contributed by atoms with Gasteiger partial charge in [-0.3, -0.25) is 4.79 Å². The third-order valence-corrected chi connectivity index (χ3v) is 2.69. The van der Waals surface area contributed by atoms with E-state index < -0.39 is 6.10 Å². The van der Waals surface area contributed by atoms with Crippen molar-refractivity contribution in [3.8, 4) is 0 Å². The second-order valence-corrected chi connectivity index (χ2v) is 5.70. The van der Waals surface area contributed by atoms with Crippen molar-refractivity contribution in [3.05, 3.63) is 35.4 Å². The quantitative estimate of drug-likeness (QED) is 0.583. The number of rotatable bonds is 6. The minimum Gasteiger partial charge on any atom is -0.373 e. The van der Waals surface area contributed by atoms with Crippen LogP contribution in [0.15, 0.2) is 24.3 Å². The number of benzene rings is 1. The Kier molecular flexibility index (Phi) is 5.70. The molecule has 1 rings (SSSR count). The number of hydrogen-bond acceptors (Lipinski definition) is 3. The molecule has 0 heterocycles. The molecule has 0 amide bonds. The number of ketones is 1. The molecule has 1 aromatic rings. The van der Waals surface area contributed by atoms with Gasteiger partial charge < -0.3 is 9.47 Å². The molecule has 0 fully saturated rings. The fourth-order valence-electron chi connectivity index (χ4n) is 1.60. The second kappa shape index (κ2) is 6.83. The molecule has 0 bridgehead atoms. The molecule has 3 nitrogen and oxygen atoms in total. The summed E-state index contributed by atoms with van der Waals surface area (Å²) in [5.41, 5.74) is 1.66. The maximum Gasteiger partial charge on any atom is 0.191 e. The standard InChI is InChI=1S/C16H24O3/c1-12-6-8-14(9-7-12)15(17)13(2)18-10-11-19-16(3,4)5/h6-9,13H,10-11H2,1-5H3. The molecule has 0 radical (unpaired) electrons. The highest BCUT2D eigenvalue weighted by Crippen LogP contribution is 2.09. The molecular weight excluding hydrogens is 240 g/mol. The molecular formula is C16H24O3. The number of aryl methyl sites for hydroxylation is 1. The monoisotopic (exact) mass is 264 g/mol. The molecule has 0 N–H and O–H groups in total. The van der Waals surface area contributed by atoms with E-state index in [0.717, 1.165) is 5.56 Å². The summed E-state index contributed by atoms with van der Waals surface area (Å²) in [4.78, 5) is 12.1. The lowest BCUT2D eigenvalue weighted by Crippen LogP contribution is -2.26. The van der Waals surface area contributed by atoms with E-state index in [2.05, 4.69) is 0 Å². The van der Waals surface area contributed by atoms with Gasteiger partial charge in [0.25, 0.3) is 0 Å². The Bertz CT molecular complexity index is 401. The Morgan fingerprint density at radius 3 is 2.26 bits per heavy atom. The Morgan fingerprint density at radius 2 is 1.74 bits per heavy atom. The van der Waals surface area contributed by atoms with E-state index in [1.54, 1.807) is 6.92 Å². The van der Waals surface area contributed by atoms with Crippen LogP contribution in [0.25, 0.3) is 0 Å². The van der Waals surface area contributed by atoms with Crippen molar-refractivity contribution in [2.75, 3.05) is 13.2 Å². The SMILES string of the molecule is Cc1ccc(C(=O)C(C)OCCOC(C)(C)C)cc1. The van der Waals surface area contributed by atoms with Gasteiger partial charge in [-0.1, -0.05) is 29.8 Å². The van der Waals surface area contributed by atoms with Crippen molar-refractivity contribution in [3.63, 3.8) is 0 Å². The van der Waals surface area contributed by atoms with Crippen LogP contribution in [-0.2, 0) is 9.47 Å². The summed E-state index contributed by atoms with van der Waals surface area (Å²) in [6.07, 6.45) is -0.439. The first kappa shape index (κ1) is 15.9. The Labute approximate surface area is 115 Å². The zero-order valence-corrected chi connectivity index (χ0v) is 12.5.